The van der Waals surface area contributed by atoms with E-state index in [9.17, 15) is 0 Å². The molecule has 0 unspecified atom stereocenters. The summed E-state index contributed by atoms with van der Waals surface area (Å²) in [6.45, 7) is 5.12. The highest BCUT2D eigenvalue weighted by molar-refractivity contribution is 4.88. The van der Waals surface area contributed by atoms with Crippen molar-refractivity contribution in [3.05, 3.63) is 0 Å². The molecule has 2 fully saturated rings. The lowest BCUT2D eigenvalue weighted by Gasteiger charge is -2.12. The van der Waals surface area contributed by atoms with Gasteiger partial charge < -0.3 is 4.90 Å². The Balaban J connectivity index is 1.86. The minimum absolute atomic E-state index is 0.977. The fourth-order valence-corrected chi connectivity index (χ4v) is 1.74. The summed E-state index contributed by atoms with van der Waals surface area (Å²) in [7, 11) is 0. The summed E-state index contributed by atoms with van der Waals surface area (Å²) < 4.78 is 0. The molecule has 0 aromatic carbocycles. The highest BCUT2D eigenvalue weighted by Crippen LogP contribution is 2.31. The minimum Gasteiger partial charge on any atom is -0.300 e. The van der Waals surface area contributed by atoms with E-state index in [0.717, 1.165) is 12.0 Å². The van der Waals surface area contributed by atoms with Gasteiger partial charge in [-0.1, -0.05) is 6.92 Å². The molecule has 1 aliphatic heterocycles. The average molecular weight is 125 g/mol. The molecule has 1 heterocycles. The van der Waals surface area contributed by atoms with E-state index >= 15 is 0 Å². The molecule has 0 spiro atoms. The second-order valence-corrected chi connectivity index (χ2v) is 3.62. The summed E-state index contributed by atoms with van der Waals surface area (Å²) in [5.41, 5.74) is 0. The van der Waals surface area contributed by atoms with Crippen LogP contribution in [0.15, 0.2) is 0 Å². The van der Waals surface area contributed by atoms with Crippen LogP contribution >= 0.6 is 0 Å². The van der Waals surface area contributed by atoms with Crippen LogP contribution in [0.3, 0.4) is 0 Å². The van der Waals surface area contributed by atoms with Gasteiger partial charge in [-0.3, -0.25) is 0 Å². The van der Waals surface area contributed by atoms with E-state index in [0.29, 0.717) is 0 Å². The molecule has 52 valence electrons. The summed E-state index contributed by atoms with van der Waals surface area (Å²) in [5, 5.41) is 0. The fraction of sp³-hybridized carbons (Fsp3) is 1.00. The lowest BCUT2D eigenvalue weighted by molar-refractivity contribution is 0.318. The Morgan fingerprint density at radius 2 is 2.00 bits per heavy atom. The third-order valence-electron chi connectivity index (χ3n) is 2.52. The van der Waals surface area contributed by atoms with Crippen LogP contribution in [0.2, 0.25) is 0 Å². The zero-order valence-corrected chi connectivity index (χ0v) is 6.14. The number of hydrogen-bond donors (Lipinski definition) is 0. The van der Waals surface area contributed by atoms with Crippen LogP contribution in [0.5, 0.6) is 0 Å². The van der Waals surface area contributed by atoms with Gasteiger partial charge in [-0.2, -0.15) is 0 Å². The van der Waals surface area contributed by atoms with E-state index in [1.54, 1.807) is 0 Å². The van der Waals surface area contributed by atoms with E-state index in [4.69, 9.17) is 0 Å². The first kappa shape index (κ1) is 5.72. The van der Waals surface area contributed by atoms with E-state index in [-0.39, 0.29) is 0 Å². The van der Waals surface area contributed by atoms with E-state index < -0.39 is 0 Å². The van der Waals surface area contributed by atoms with Crippen LogP contribution in [-0.4, -0.2) is 24.0 Å². The van der Waals surface area contributed by atoms with E-state index in [2.05, 4.69) is 11.8 Å². The van der Waals surface area contributed by atoms with Crippen LogP contribution < -0.4 is 0 Å². The van der Waals surface area contributed by atoms with Gasteiger partial charge in [-0.15, -0.1) is 0 Å². The van der Waals surface area contributed by atoms with Crippen molar-refractivity contribution in [2.24, 2.45) is 5.92 Å². The second-order valence-electron chi connectivity index (χ2n) is 3.62. The Labute approximate surface area is 57.0 Å². The predicted octanol–water partition coefficient (Wildman–Crippen LogP) is 1.49. The number of likely N-dealkylation sites (tertiary alicyclic amines) is 1. The van der Waals surface area contributed by atoms with Crippen molar-refractivity contribution < 1.29 is 0 Å². The molecule has 1 atom stereocenters. The summed E-state index contributed by atoms with van der Waals surface area (Å²) in [6.07, 6.45) is 4.40. The molecule has 2 aliphatic rings. The molecule has 1 heteroatoms. The topological polar surface area (TPSA) is 3.24 Å². The molecule has 0 aromatic heterocycles. The van der Waals surface area contributed by atoms with Crippen molar-refractivity contribution in [2.75, 3.05) is 13.1 Å². The van der Waals surface area contributed by atoms with Crippen molar-refractivity contribution >= 4 is 0 Å². The molecule has 0 radical (unpaired) electrons. The number of nitrogens with zero attached hydrogens (tertiary/aromatic N) is 1. The first-order chi connectivity index (χ1) is 4.36. The standard InChI is InChI=1S/C8H15N/c1-7-4-5-9(6-7)8-2-3-8/h7-8H,2-6H2,1H3/t7-/m0/s1. The van der Waals surface area contributed by atoms with Gasteiger partial charge in [0, 0.05) is 12.6 Å². The molecule has 1 aliphatic carbocycles. The smallest absolute Gasteiger partial charge is 0.00965 e. The molecule has 2 rings (SSSR count). The molecule has 0 bridgehead atoms. The summed E-state index contributed by atoms with van der Waals surface area (Å²) in [4.78, 5) is 2.66. The van der Waals surface area contributed by atoms with Gasteiger partial charge in [0.1, 0.15) is 0 Å². The van der Waals surface area contributed by atoms with Crippen LogP contribution in [0.4, 0.5) is 0 Å². The van der Waals surface area contributed by atoms with E-state index in [1.165, 1.54) is 32.4 Å². The molecule has 1 saturated heterocycles. The van der Waals surface area contributed by atoms with Crippen LogP contribution in [0, 0.1) is 5.92 Å². The maximum Gasteiger partial charge on any atom is 0.00965 e. The van der Waals surface area contributed by atoms with Crippen LogP contribution in [0.25, 0.3) is 0 Å². The molecule has 1 saturated carbocycles. The van der Waals surface area contributed by atoms with Crippen molar-refractivity contribution in [2.45, 2.75) is 32.2 Å². The third kappa shape index (κ3) is 1.11. The molecule has 0 aromatic rings. The molecule has 0 amide bonds. The Bertz CT molecular complexity index is 107. The van der Waals surface area contributed by atoms with Crippen molar-refractivity contribution in [3.8, 4) is 0 Å². The second kappa shape index (κ2) is 1.98. The summed E-state index contributed by atoms with van der Waals surface area (Å²) in [6, 6.07) is 1.01. The van der Waals surface area contributed by atoms with Crippen molar-refractivity contribution in [1.82, 2.24) is 4.90 Å². The zero-order valence-electron chi connectivity index (χ0n) is 6.14. The van der Waals surface area contributed by atoms with Gasteiger partial charge in [-0.25, -0.2) is 0 Å². The lowest BCUT2D eigenvalue weighted by Crippen LogP contribution is -2.22. The molecule has 9 heavy (non-hydrogen) atoms. The van der Waals surface area contributed by atoms with Crippen molar-refractivity contribution in [3.63, 3.8) is 0 Å². The maximum atomic E-state index is 2.66. The van der Waals surface area contributed by atoms with Gasteiger partial charge in [0.05, 0.1) is 0 Å². The largest absolute Gasteiger partial charge is 0.300 e. The van der Waals surface area contributed by atoms with Gasteiger partial charge in [0.15, 0.2) is 0 Å². The lowest BCUT2D eigenvalue weighted by atomic mass is 10.2. The first-order valence-corrected chi connectivity index (χ1v) is 4.10. The normalized spacial score (nSPS) is 37.7. The van der Waals surface area contributed by atoms with Crippen LogP contribution in [0.1, 0.15) is 26.2 Å². The predicted molar refractivity (Wildman–Crippen MR) is 38.4 cm³/mol. The quantitative estimate of drug-likeness (QED) is 0.513. The highest BCUT2D eigenvalue weighted by Gasteiger charge is 2.32. The Morgan fingerprint density at radius 3 is 2.44 bits per heavy atom. The molecular weight excluding hydrogens is 110 g/mol. The Kier molecular flexibility index (Phi) is 1.26. The van der Waals surface area contributed by atoms with Crippen molar-refractivity contribution in [1.29, 1.82) is 0 Å². The zero-order chi connectivity index (χ0) is 6.27. The highest BCUT2D eigenvalue weighted by atomic mass is 15.2. The first-order valence-electron chi connectivity index (χ1n) is 4.10. The van der Waals surface area contributed by atoms with E-state index in [1.807, 2.05) is 0 Å². The van der Waals surface area contributed by atoms with Gasteiger partial charge in [-0.05, 0) is 31.7 Å². The SMILES string of the molecule is C[C@H]1CCN(C2CC2)C1. The molecular formula is C8H15N. The Hall–Kier alpha value is -0.0400. The average Bonchev–Trinajstić information content (AvgIpc) is 2.58. The van der Waals surface area contributed by atoms with Gasteiger partial charge in [0.25, 0.3) is 0 Å². The number of rotatable bonds is 1. The minimum atomic E-state index is 0.977. The van der Waals surface area contributed by atoms with Gasteiger partial charge >= 0.3 is 0 Å². The fourth-order valence-electron chi connectivity index (χ4n) is 1.74. The monoisotopic (exact) mass is 125 g/mol. The molecule has 1 nitrogen and oxygen atoms in total. The third-order valence-corrected chi connectivity index (χ3v) is 2.52. The Morgan fingerprint density at radius 1 is 1.22 bits per heavy atom. The summed E-state index contributed by atoms with van der Waals surface area (Å²) in [5.74, 6) is 0.977. The number of hydrogen-bond acceptors (Lipinski definition) is 1. The summed E-state index contributed by atoms with van der Waals surface area (Å²) >= 11 is 0. The molecule has 0 N–H and O–H groups in total. The van der Waals surface area contributed by atoms with Crippen LogP contribution in [-0.2, 0) is 0 Å². The maximum absolute atomic E-state index is 2.66. The van der Waals surface area contributed by atoms with Gasteiger partial charge in [0.2, 0.25) is 0 Å².